The van der Waals surface area contributed by atoms with Crippen LogP contribution in [0.5, 0.6) is 0 Å². The number of hydrogen-bond acceptors (Lipinski definition) is 3. The predicted molar refractivity (Wildman–Crippen MR) is 56.6 cm³/mol. The topological polar surface area (TPSA) is 53.6 Å². The maximum Gasteiger partial charge on any atom is 0.204 e. The van der Waals surface area contributed by atoms with Gasteiger partial charge in [0.25, 0.3) is 0 Å². The molecule has 3 rings (SSSR count). The van der Waals surface area contributed by atoms with Crippen molar-refractivity contribution in [2.75, 3.05) is 11.9 Å². The molecule has 1 saturated carbocycles. The van der Waals surface area contributed by atoms with E-state index < -0.39 is 0 Å². The molecule has 1 aliphatic carbocycles. The lowest BCUT2D eigenvalue weighted by Gasteiger charge is -2.23. The highest BCUT2D eigenvalue weighted by Crippen LogP contribution is 2.38. The van der Waals surface area contributed by atoms with Crippen LogP contribution in [-0.2, 0) is 6.54 Å². The Balaban J connectivity index is 2.06. The standard InChI is InChI=1S/C11H14N4/c12-7-9-10(8-3-1-4-8)14-11-13-5-2-6-15(9)11/h8H,1-6H2,(H,13,14). The monoisotopic (exact) mass is 202 g/mol. The molecule has 2 heterocycles. The first-order valence-electron chi connectivity index (χ1n) is 5.64. The Morgan fingerprint density at radius 1 is 1.40 bits per heavy atom. The SMILES string of the molecule is N#Cc1c(C2CCC2)nc2n1CCCN2. The largest absolute Gasteiger partial charge is 0.356 e. The molecule has 1 aromatic rings. The molecule has 78 valence electrons. The molecule has 0 spiro atoms. The molecular weight excluding hydrogens is 188 g/mol. The summed E-state index contributed by atoms with van der Waals surface area (Å²) in [7, 11) is 0. The van der Waals surface area contributed by atoms with Crippen molar-refractivity contribution in [3.05, 3.63) is 11.4 Å². The first-order chi connectivity index (χ1) is 7.40. The van der Waals surface area contributed by atoms with Crippen LogP contribution in [0.2, 0.25) is 0 Å². The second kappa shape index (κ2) is 3.27. The summed E-state index contributed by atoms with van der Waals surface area (Å²) in [6.45, 7) is 1.91. The molecule has 4 heteroatoms. The van der Waals surface area contributed by atoms with Gasteiger partial charge in [0.1, 0.15) is 11.8 Å². The molecule has 0 bridgehead atoms. The second-order valence-electron chi connectivity index (χ2n) is 4.34. The Morgan fingerprint density at radius 3 is 2.93 bits per heavy atom. The van der Waals surface area contributed by atoms with E-state index in [0.717, 1.165) is 36.8 Å². The zero-order valence-corrected chi connectivity index (χ0v) is 8.66. The smallest absolute Gasteiger partial charge is 0.204 e. The molecule has 1 aliphatic heterocycles. The number of nitrogens with one attached hydrogen (secondary N) is 1. The first kappa shape index (κ1) is 8.78. The average Bonchev–Trinajstić information content (AvgIpc) is 2.53. The van der Waals surface area contributed by atoms with E-state index >= 15 is 0 Å². The number of nitriles is 1. The Labute approximate surface area is 88.9 Å². The van der Waals surface area contributed by atoms with E-state index in [4.69, 9.17) is 0 Å². The number of rotatable bonds is 1. The van der Waals surface area contributed by atoms with Gasteiger partial charge in [-0.2, -0.15) is 5.26 Å². The molecule has 0 aromatic carbocycles. The maximum atomic E-state index is 9.19. The lowest BCUT2D eigenvalue weighted by atomic mass is 9.82. The molecule has 1 aromatic heterocycles. The molecule has 2 aliphatic rings. The minimum absolute atomic E-state index is 0.541. The fourth-order valence-electron chi connectivity index (χ4n) is 2.35. The van der Waals surface area contributed by atoms with Crippen LogP contribution < -0.4 is 5.32 Å². The molecule has 0 atom stereocenters. The van der Waals surface area contributed by atoms with E-state index in [1.807, 2.05) is 4.57 Å². The molecule has 15 heavy (non-hydrogen) atoms. The molecule has 0 unspecified atom stereocenters. The van der Waals surface area contributed by atoms with E-state index in [0.29, 0.717) is 5.92 Å². The van der Waals surface area contributed by atoms with Gasteiger partial charge in [-0.15, -0.1) is 0 Å². The average molecular weight is 202 g/mol. The first-order valence-corrected chi connectivity index (χ1v) is 5.64. The number of imidazole rings is 1. The van der Waals surface area contributed by atoms with Gasteiger partial charge in [-0.05, 0) is 19.3 Å². The van der Waals surface area contributed by atoms with Crippen molar-refractivity contribution < 1.29 is 0 Å². The number of anilines is 1. The molecule has 0 radical (unpaired) electrons. The van der Waals surface area contributed by atoms with Crippen molar-refractivity contribution in [1.82, 2.24) is 9.55 Å². The quantitative estimate of drug-likeness (QED) is 0.756. The van der Waals surface area contributed by atoms with Crippen LogP contribution in [0, 0.1) is 11.3 Å². The van der Waals surface area contributed by atoms with Crippen molar-refractivity contribution in [3.8, 4) is 6.07 Å². The molecular formula is C11H14N4. The van der Waals surface area contributed by atoms with Crippen LogP contribution in [0.1, 0.15) is 43.0 Å². The Kier molecular flexibility index (Phi) is 1.91. The van der Waals surface area contributed by atoms with Crippen molar-refractivity contribution in [2.24, 2.45) is 0 Å². The summed E-state index contributed by atoms with van der Waals surface area (Å²) < 4.78 is 2.04. The van der Waals surface area contributed by atoms with Gasteiger partial charge < -0.3 is 9.88 Å². The van der Waals surface area contributed by atoms with E-state index in [1.165, 1.54) is 19.3 Å². The highest BCUT2D eigenvalue weighted by Gasteiger charge is 2.28. The lowest BCUT2D eigenvalue weighted by Crippen LogP contribution is -2.18. The van der Waals surface area contributed by atoms with Gasteiger partial charge in [0.15, 0.2) is 0 Å². The predicted octanol–water partition coefficient (Wildman–Crippen LogP) is 1.84. The minimum Gasteiger partial charge on any atom is -0.356 e. The number of nitrogens with zero attached hydrogens (tertiary/aromatic N) is 3. The van der Waals surface area contributed by atoms with E-state index in [2.05, 4.69) is 16.4 Å². The van der Waals surface area contributed by atoms with Gasteiger partial charge in [-0.25, -0.2) is 4.98 Å². The lowest BCUT2D eigenvalue weighted by molar-refractivity contribution is 0.411. The van der Waals surface area contributed by atoms with Gasteiger partial charge in [0, 0.05) is 19.0 Å². The third kappa shape index (κ3) is 1.23. The third-order valence-corrected chi connectivity index (χ3v) is 3.43. The van der Waals surface area contributed by atoms with Crippen molar-refractivity contribution in [3.63, 3.8) is 0 Å². The zero-order chi connectivity index (χ0) is 10.3. The van der Waals surface area contributed by atoms with Crippen LogP contribution in [-0.4, -0.2) is 16.1 Å². The van der Waals surface area contributed by atoms with Gasteiger partial charge in [0.2, 0.25) is 5.95 Å². The van der Waals surface area contributed by atoms with Gasteiger partial charge in [-0.3, -0.25) is 0 Å². The second-order valence-corrected chi connectivity index (χ2v) is 4.34. The Morgan fingerprint density at radius 2 is 2.27 bits per heavy atom. The number of aromatic nitrogens is 2. The maximum absolute atomic E-state index is 9.19. The highest BCUT2D eigenvalue weighted by molar-refractivity contribution is 5.43. The highest BCUT2D eigenvalue weighted by atomic mass is 15.2. The summed E-state index contributed by atoms with van der Waals surface area (Å²) in [6, 6.07) is 2.31. The molecule has 0 amide bonds. The number of fused-ring (bicyclic) bond motifs is 1. The third-order valence-electron chi connectivity index (χ3n) is 3.43. The fourth-order valence-corrected chi connectivity index (χ4v) is 2.35. The molecule has 0 saturated heterocycles. The van der Waals surface area contributed by atoms with Gasteiger partial charge in [-0.1, -0.05) is 6.42 Å². The van der Waals surface area contributed by atoms with Crippen LogP contribution in [0.25, 0.3) is 0 Å². The summed E-state index contributed by atoms with van der Waals surface area (Å²) in [6.07, 6.45) is 4.77. The minimum atomic E-state index is 0.541. The van der Waals surface area contributed by atoms with E-state index in [1.54, 1.807) is 0 Å². The van der Waals surface area contributed by atoms with Crippen LogP contribution in [0.15, 0.2) is 0 Å². The van der Waals surface area contributed by atoms with E-state index in [9.17, 15) is 5.26 Å². The summed E-state index contributed by atoms with van der Waals surface area (Å²) in [4.78, 5) is 4.57. The fraction of sp³-hybridized carbons (Fsp3) is 0.636. The van der Waals surface area contributed by atoms with Crippen LogP contribution >= 0.6 is 0 Å². The summed E-state index contributed by atoms with van der Waals surface area (Å²) >= 11 is 0. The zero-order valence-electron chi connectivity index (χ0n) is 8.66. The van der Waals surface area contributed by atoms with Crippen molar-refractivity contribution in [1.29, 1.82) is 5.26 Å². The van der Waals surface area contributed by atoms with Crippen molar-refractivity contribution >= 4 is 5.95 Å². The van der Waals surface area contributed by atoms with Crippen LogP contribution in [0.4, 0.5) is 5.95 Å². The van der Waals surface area contributed by atoms with E-state index in [-0.39, 0.29) is 0 Å². The van der Waals surface area contributed by atoms with Gasteiger partial charge in [0.05, 0.1) is 5.69 Å². The summed E-state index contributed by atoms with van der Waals surface area (Å²) in [5.41, 5.74) is 1.83. The molecule has 1 N–H and O–H groups in total. The van der Waals surface area contributed by atoms with Crippen LogP contribution in [0.3, 0.4) is 0 Å². The van der Waals surface area contributed by atoms with Gasteiger partial charge >= 0.3 is 0 Å². The summed E-state index contributed by atoms with van der Waals surface area (Å²) in [5.74, 6) is 1.44. The molecule has 1 fully saturated rings. The normalized spacial score (nSPS) is 19.9. The Hall–Kier alpha value is -1.50. The molecule has 4 nitrogen and oxygen atoms in total. The summed E-state index contributed by atoms with van der Waals surface area (Å²) in [5, 5.41) is 12.5. The number of hydrogen-bond donors (Lipinski definition) is 1. The Bertz CT molecular complexity index is 423. The van der Waals surface area contributed by atoms with Crippen molar-refractivity contribution in [2.45, 2.75) is 38.1 Å².